The zero-order valence-corrected chi connectivity index (χ0v) is 16.7. The van der Waals surface area contributed by atoms with E-state index < -0.39 is 0 Å². The van der Waals surface area contributed by atoms with E-state index in [1.807, 2.05) is 0 Å². The molecule has 1 aromatic carbocycles. The Morgan fingerprint density at radius 2 is 2.08 bits per heavy atom. The molecule has 0 spiro atoms. The molecule has 2 atom stereocenters. The van der Waals surface area contributed by atoms with Crippen molar-refractivity contribution >= 4 is 11.4 Å². The number of nitrogens with one attached hydrogen (secondary N) is 2. The number of benzene rings is 1. The normalized spacial score (nSPS) is 23.8. The summed E-state index contributed by atoms with van der Waals surface area (Å²) in [6, 6.07) is 2.49. The van der Waals surface area contributed by atoms with E-state index in [-0.39, 0.29) is 6.04 Å². The molecule has 0 amide bonds. The molecule has 2 unspecified atom stereocenters. The first kappa shape index (κ1) is 17.5. The van der Waals surface area contributed by atoms with E-state index in [9.17, 15) is 0 Å². The second-order valence-corrected chi connectivity index (χ2v) is 8.02. The van der Waals surface area contributed by atoms with Crippen LogP contribution in [-0.2, 0) is 6.42 Å². The van der Waals surface area contributed by atoms with Gasteiger partial charge >= 0.3 is 0 Å². The van der Waals surface area contributed by atoms with Crippen molar-refractivity contribution in [1.82, 2.24) is 0 Å². The lowest BCUT2D eigenvalue weighted by molar-refractivity contribution is 0.367. The molecule has 1 aliphatic carbocycles. The number of hydrogen-bond acceptors (Lipinski definition) is 3. The fraction of sp³-hybridized carbons (Fsp3) is 0.565. The third-order valence-electron chi connectivity index (χ3n) is 6.30. The first-order chi connectivity index (χ1) is 12.6. The van der Waals surface area contributed by atoms with E-state index in [2.05, 4.69) is 50.5 Å². The molecule has 0 bridgehead atoms. The van der Waals surface area contributed by atoms with Crippen LogP contribution < -0.4 is 15.4 Å². The number of rotatable bonds is 4. The lowest BCUT2D eigenvalue weighted by Crippen LogP contribution is -2.34. The molecule has 2 N–H and O–H groups in total. The molecule has 0 aromatic heterocycles. The molecule has 3 nitrogen and oxygen atoms in total. The van der Waals surface area contributed by atoms with E-state index in [4.69, 9.17) is 4.74 Å². The van der Waals surface area contributed by atoms with Gasteiger partial charge in [-0.25, -0.2) is 0 Å². The number of hydrogen-bond donors (Lipinski definition) is 2. The maximum atomic E-state index is 6.56. The van der Waals surface area contributed by atoms with Crippen LogP contribution in [-0.4, -0.2) is 12.6 Å². The SMILES string of the molecule is CCCCC1=CC2Nc3cc4c(c(C)c3OC2=C(C)C1CC)NCCC4. The molecule has 2 heterocycles. The minimum atomic E-state index is 0.186. The van der Waals surface area contributed by atoms with Gasteiger partial charge in [-0.05, 0) is 63.2 Å². The molecule has 26 heavy (non-hydrogen) atoms. The number of ether oxygens (including phenoxy) is 1. The van der Waals surface area contributed by atoms with Crippen LogP contribution in [0.3, 0.4) is 0 Å². The largest absolute Gasteiger partial charge is 0.457 e. The summed E-state index contributed by atoms with van der Waals surface area (Å²) in [4.78, 5) is 0. The lowest BCUT2D eigenvalue weighted by Gasteiger charge is -2.38. The van der Waals surface area contributed by atoms with E-state index in [0.29, 0.717) is 5.92 Å². The molecule has 3 aliphatic rings. The highest BCUT2D eigenvalue weighted by Gasteiger charge is 2.34. The van der Waals surface area contributed by atoms with Crippen molar-refractivity contribution in [3.05, 3.63) is 40.2 Å². The van der Waals surface area contributed by atoms with Gasteiger partial charge in [0.25, 0.3) is 0 Å². The predicted molar refractivity (Wildman–Crippen MR) is 110 cm³/mol. The fourth-order valence-corrected chi connectivity index (χ4v) is 4.88. The molecule has 0 saturated heterocycles. The molecule has 4 rings (SSSR count). The standard InChI is InChI=1S/C23H32N2O/c1-5-7-9-16-12-19-22(14(3)18(16)6-2)26-23-15(4)21-17(10-8-11-24-21)13-20(23)25-19/h12-13,18-19,24-25H,5-11H2,1-4H3. The van der Waals surface area contributed by atoms with Crippen molar-refractivity contribution in [3.8, 4) is 5.75 Å². The number of unbranched alkanes of at least 4 members (excludes halogenated alkanes) is 1. The summed E-state index contributed by atoms with van der Waals surface area (Å²) in [5.74, 6) is 2.68. The number of fused-ring (bicyclic) bond motifs is 3. The summed E-state index contributed by atoms with van der Waals surface area (Å²) >= 11 is 0. The summed E-state index contributed by atoms with van der Waals surface area (Å²) in [5.41, 5.74) is 8.12. The van der Waals surface area contributed by atoms with Gasteiger partial charge in [0.15, 0.2) is 5.75 Å². The van der Waals surface area contributed by atoms with Crippen molar-refractivity contribution in [3.63, 3.8) is 0 Å². The molecule has 1 aromatic rings. The number of aryl methyl sites for hydroxylation is 1. The quantitative estimate of drug-likeness (QED) is 0.656. The Morgan fingerprint density at radius 1 is 1.23 bits per heavy atom. The van der Waals surface area contributed by atoms with Crippen LogP contribution in [0.15, 0.2) is 29.0 Å². The van der Waals surface area contributed by atoms with E-state index >= 15 is 0 Å². The number of anilines is 2. The molecule has 0 saturated carbocycles. The Balaban J connectivity index is 1.74. The van der Waals surface area contributed by atoms with Crippen molar-refractivity contribution in [2.24, 2.45) is 5.92 Å². The van der Waals surface area contributed by atoms with Crippen LogP contribution in [0, 0.1) is 12.8 Å². The molecule has 0 fully saturated rings. The van der Waals surface area contributed by atoms with Gasteiger partial charge in [0.1, 0.15) is 11.8 Å². The van der Waals surface area contributed by atoms with Crippen LogP contribution in [0.2, 0.25) is 0 Å². The van der Waals surface area contributed by atoms with Crippen molar-refractivity contribution in [2.45, 2.75) is 72.3 Å². The summed E-state index contributed by atoms with van der Waals surface area (Å²) < 4.78 is 6.56. The average Bonchev–Trinajstić information content (AvgIpc) is 2.66. The summed E-state index contributed by atoms with van der Waals surface area (Å²) in [5, 5.41) is 7.36. The van der Waals surface area contributed by atoms with Gasteiger partial charge in [0.2, 0.25) is 0 Å². The van der Waals surface area contributed by atoms with Crippen molar-refractivity contribution in [1.29, 1.82) is 0 Å². The van der Waals surface area contributed by atoms with Gasteiger partial charge < -0.3 is 15.4 Å². The van der Waals surface area contributed by atoms with E-state index in [1.165, 1.54) is 48.1 Å². The zero-order valence-electron chi connectivity index (χ0n) is 16.7. The average molecular weight is 353 g/mol. The molecule has 0 radical (unpaired) electrons. The van der Waals surface area contributed by atoms with Crippen LogP contribution in [0.5, 0.6) is 5.75 Å². The fourth-order valence-electron chi connectivity index (χ4n) is 4.88. The Kier molecular flexibility index (Phi) is 4.73. The summed E-state index contributed by atoms with van der Waals surface area (Å²) in [6.07, 6.45) is 9.68. The topological polar surface area (TPSA) is 33.3 Å². The van der Waals surface area contributed by atoms with Crippen molar-refractivity contribution in [2.75, 3.05) is 17.2 Å². The minimum absolute atomic E-state index is 0.186. The molecular weight excluding hydrogens is 320 g/mol. The second-order valence-electron chi connectivity index (χ2n) is 8.02. The van der Waals surface area contributed by atoms with Crippen LogP contribution >= 0.6 is 0 Å². The highest BCUT2D eigenvalue weighted by molar-refractivity contribution is 5.76. The summed E-state index contributed by atoms with van der Waals surface area (Å²) in [7, 11) is 0. The first-order valence-electron chi connectivity index (χ1n) is 10.4. The van der Waals surface area contributed by atoms with E-state index in [1.54, 1.807) is 5.57 Å². The lowest BCUT2D eigenvalue weighted by atomic mass is 9.79. The van der Waals surface area contributed by atoms with Gasteiger partial charge in [0.05, 0.1) is 5.69 Å². The van der Waals surface area contributed by atoms with Gasteiger partial charge in [-0.1, -0.05) is 31.9 Å². The highest BCUT2D eigenvalue weighted by Crippen LogP contribution is 2.46. The van der Waals surface area contributed by atoms with Crippen LogP contribution in [0.4, 0.5) is 11.4 Å². The third kappa shape index (κ3) is 2.82. The Bertz CT molecular complexity index is 775. The molecule has 3 heteroatoms. The van der Waals surface area contributed by atoms with Crippen LogP contribution in [0.25, 0.3) is 0 Å². The first-order valence-corrected chi connectivity index (χ1v) is 10.4. The summed E-state index contributed by atoms with van der Waals surface area (Å²) in [6.45, 7) is 10.1. The Morgan fingerprint density at radius 3 is 2.85 bits per heavy atom. The van der Waals surface area contributed by atoms with Gasteiger partial charge in [-0.3, -0.25) is 0 Å². The number of allylic oxidation sites excluding steroid dienone is 2. The predicted octanol–water partition coefficient (Wildman–Crippen LogP) is 5.96. The molecule has 2 aliphatic heterocycles. The minimum Gasteiger partial charge on any atom is -0.457 e. The third-order valence-corrected chi connectivity index (χ3v) is 6.30. The van der Waals surface area contributed by atoms with Gasteiger partial charge in [0, 0.05) is 23.7 Å². The van der Waals surface area contributed by atoms with Crippen LogP contribution in [0.1, 0.15) is 64.0 Å². The smallest absolute Gasteiger partial charge is 0.155 e. The maximum absolute atomic E-state index is 6.56. The molecule has 140 valence electrons. The van der Waals surface area contributed by atoms with Gasteiger partial charge in [-0.2, -0.15) is 0 Å². The van der Waals surface area contributed by atoms with Gasteiger partial charge in [-0.15, -0.1) is 0 Å². The zero-order chi connectivity index (χ0) is 18.3. The Hall–Kier alpha value is -1.90. The second kappa shape index (κ2) is 7.02. The van der Waals surface area contributed by atoms with E-state index in [0.717, 1.165) is 36.6 Å². The van der Waals surface area contributed by atoms with Crippen molar-refractivity contribution < 1.29 is 4.74 Å². The monoisotopic (exact) mass is 352 g/mol. The maximum Gasteiger partial charge on any atom is 0.155 e. The Labute approximate surface area is 157 Å². The molecular formula is C23H32N2O. The highest BCUT2D eigenvalue weighted by atomic mass is 16.5.